The van der Waals surface area contributed by atoms with Crippen LogP contribution >= 0.6 is 11.8 Å². The van der Waals surface area contributed by atoms with Gasteiger partial charge in [0, 0.05) is 5.25 Å². The SMILES string of the molecule is [CH2-]N1CCC(OS(C)(=O)=O)C(SCC)C1. The van der Waals surface area contributed by atoms with Crippen molar-refractivity contribution in [1.82, 2.24) is 4.90 Å². The van der Waals surface area contributed by atoms with E-state index in [0.717, 1.165) is 31.5 Å². The first kappa shape index (κ1) is 13.3. The fourth-order valence-electron chi connectivity index (χ4n) is 1.67. The third kappa shape index (κ3) is 4.72. The smallest absolute Gasteiger partial charge is 0.264 e. The van der Waals surface area contributed by atoms with Gasteiger partial charge in [-0.25, -0.2) is 0 Å². The number of piperidine rings is 1. The molecule has 0 aromatic carbocycles. The van der Waals surface area contributed by atoms with Crippen LogP contribution < -0.4 is 0 Å². The summed E-state index contributed by atoms with van der Waals surface area (Å²) in [5.41, 5.74) is 0. The van der Waals surface area contributed by atoms with Crippen molar-refractivity contribution in [2.45, 2.75) is 24.7 Å². The third-order valence-corrected chi connectivity index (χ3v) is 4.07. The molecule has 2 unspecified atom stereocenters. The van der Waals surface area contributed by atoms with E-state index < -0.39 is 10.1 Å². The summed E-state index contributed by atoms with van der Waals surface area (Å²) < 4.78 is 27.2. The van der Waals surface area contributed by atoms with Gasteiger partial charge in [0.05, 0.1) is 12.4 Å². The highest BCUT2D eigenvalue weighted by molar-refractivity contribution is 8.00. The van der Waals surface area contributed by atoms with Gasteiger partial charge in [0.15, 0.2) is 0 Å². The van der Waals surface area contributed by atoms with E-state index in [2.05, 4.69) is 14.0 Å². The number of thioether (sulfide) groups is 1. The van der Waals surface area contributed by atoms with E-state index in [0.29, 0.717) is 0 Å². The fourth-order valence-corrected chi connectivity index (χ4v) is 3.57. The molecule has 1 saturated heterocycles. The highest BCUT2D eigenvalue weighted by Crippen LogP contribution is 2.25. The fraction of sp³-hybridized carbons (Fsp3) is 0.889. The van der Waals surface area contributed by atoms with Crippen molar-refractivity contribution in [3.8, 4) is 0 Å². The molecule has 4 nitrogen and oxygen atoms in total. The predicted octanol–water partition coefficient (Wildman–Crippen LogP) is 0.950. The van der Waals surface area contributed by atoms with E-state index in [1.165, 1.54) is 0 Å². The number of likely N-dealkylation sites (tertiary alicyclic amines) is 1. The molecule has 0 aliphatic carbocycles. The summed E-state index contributed by atoms with van der Waals surface area (Å²) in [4.78, 5) is 1.97. The summed E-state index contributed by atoms with van der Waals surface area (Å²) in [6.07, 6.45) is 1.65. The second kappa shape index (κ2) is 5.52. The lowest BCUT2D eigenvalue weighted by atomic mass is 10.1. The molecular weight excluding hydrogens is 234 g/mol. The van der Waals surface area contributed by atoms with E-state index >= 15 is 0 Å². The number of hydrogen-bond acceptors (Lipinski definition) is 5. The lowest BCUT2D eigenvalue weighted by Gasteiger charge is -2.39. The number of rotatable bonds is 4. The molecule has 0 saturated carbocycles. The predicted molar refractivity (Wildman–Crippen MR) is 63.2 cm³/mol. The van der Waals surface area contributed by atoms with E-state index in [-0.39, 0.29) is 11.4 Å². The summed E-state index contributed by atoms with van der Waals surface area (Å²) in [5.74, 6) is 0.960. The van der Waals surface area contributed by atoms with Crippen molar-refractivity contribution in [3.05, 3.63) is 7.05 Å². The number of nitrogens with zero attached hydrogens (tertiary/aromatic N) is 1. The van der Waals surface area contributed by atoms with Crippen LogP contribution in [0.1, 0.15) is 13.3 Å². The monoisotopic (exact) mass is 252 g/mol. The summed E-state index contributed by atoms with van der Waals surface area (Å²) in [5, 5.41) is 0.205. The van der Waals surface area contributed by atoms with Crippen molar-refractivity contribution in [2.24, 2.45) is 0 Å². The maximum absolute atomic E-state index is 11.1. The summed E-state index contributed by atoms with van der Waals surface area (Å²) in [6.45, 7) is 3.64. The molecule has 2 atom stereocenters. The zero-order chi connectivity index (χ0) is 11.5. The van der Waals surface area contributed by atoms with Gasteiger partial charge in [-0.3, -0.25) is 11.2 Å². The summed E-state index contributed by atoms with van der Waals surface area (Å²) >= 11 is 1.73. The molecule has 0 amide bonds. The van der Waals surface area contributed by atoms with Crippen LogP contribution in [0.25, 0.3) is 0 Å². The number of hydrogen-bond donors (Lipinski definition) is 0. The average Bonchev–Trinajstić information content (AvgIpc) is 2.08. The minimum absolute atomic E-state index is 0.192. The minimum atomic E-state index is -3.34. The van der Waals surface area contributed by atoms with Crippen LogP contribution in [-0.2, 0) is 14.3 Å². The van der Waals surface area contributed by atoms with Gasteiger partial charge < -0.3 is 4.90 Å². The van der Waals surface area contributed by atoms with Gasteiger partial charge in [0.2, 0.25) is 0 Å². The van der Waals surface area contributed by atoms with Gasteiger partial charge in [0.25, 0.3) is 10.1 Å². The van der Waals surface area contributed by atoms with Gasteiger partial charge >= 0.3 is 0 Å². The van der Waals surface area contributed by atoms with Crippen molar-refractivity contribution in [1.29, 1.82) is 0 Å². The maximum atomic E-state index is 11.1. The van der Waals surface area contributed by atoms with Crippen molar-refractivity contribution in [2.75, 3.05) is 25.1 Å². The van der Waals surface area contributed by atoms with E-state index in [1.54, 1.807) is 11.8 Å². The Morgan fingerprint density at radius 3 is 2.80 bits per heavy atom. The van der Waals surface area contributed by atoms with Crippen LogP contribution in [0.5, 0.6) is 0 Å². The van der Waals surface area contributed by atoms with Crippen LogP contribution in [0.4, 0.5) is 0 Å². The van der Waals surface area contributed by atoms with Gasteiger partial charge in [-0.15, -0.1) is 0 Å². The third-order valence-electron chi connectivity index (χ3n) is 2.26. The molecule has 0 aromatic heterocycles. The highest BCUT2D eigenvalue weighted by Gasteiger charge is 2.29. The largest absolute Gasteiger partial charge is 0.458 e. The van der Waals surface area contributed by atoms with Gasteiger partial charge in [-0.05, 0) is 25.3 Å². The van der Waals surface area contributed by atoms with Crippen LogP contribution in [-0.4, -0.2) is 49.8 Å². The molecular formula is C9H18NO3S2-. The second-order valence-electron chi connectivity index (χ2n) is 3.70. The standard InChI is InChI=1S/C9H18NO3S2/c1-4-14-9-7-10(2)6-5-8(9)13-15(3,11)12/h8-9H,2,4-7H2,1,3H3/q-1. The van der Waals surface area contributed by atoms with Gasteiger partial charge in [-0.2, -0.15) is 20.2 Å². The molecule has 1 heterocycles. The lowest BCUT2D eigenvalue weighted by molar-refractivity contribution is 0.136. The molecule has 6 heteroatoms. The molecule has 1 rings (SSSR count). The first-order valence-electron chi connectivity index (χ1n) is 4.97. The van der Waals surface area contributed by atoms with E-state index in [9.17, 15) is 8.42 Å². The molecule has 0 N–H and O–H groups in total. The Bertz CT molecular complexity index is 292. The topological polar surface area (TPSA) is 46.6 Å². The molecule has 0 radical (unpaired) electrons. The Hall–Kier alpha value is 0.220. The first-order valence-corrected chi connectivity index (χ1v) is 7.84. The molecule has 1 fully saturated rings. The lowest BCUT2D eigenvalue weighted by Crippen LogP contribution is -2.44. The Morgan fingerprint density at radius 1 is 1.60 bits per heavy atom. The molecule has 15 heavy (non-hydrogen) atoms. The molecule has 1 aliphatic rings. The highest BCUT2D eigenvalue weighted by atomic mass is 32.2. The zero-order valence-corrected chi connectivity index (χ0v) is 10.8. The van der Waals surface area contributed by atoms with Crippen LogP contribution in [0.15, 0.2) is 0 Å². The minimum Gasteiger partial charge on any atom is -0.458 e. The Morgan fingerprint density at radius 2 is 2.27 bits per heavy atom. The molecule has 90 valence electrons. The van der Waals surface area contributed by atoms with E-state index in [4.69, 9.17) is 4.18 Å². The Kier molecular flexibility index (Phi) is 4.89. The summed E-state index contributed by atoms with van der Waals surface area (Å²) in [6, 6.07) is 0. The second-order valence-corrected chi connectivity index (χ2v) is 6.82. The first-order chi connectivity index (χ1) is 6.92. The van der Waals surface area contributed by atoms with E-state index in [1.807, 2.05) is 4.90 Å². The van der Waals surface area contributed by atoms with Crippen molar-refractivity contribution in [3.63, 3.8) is 0 Å². The maximum Gasteiger partial charge on any atom is 0.264 e. The Labute approximate surface area is 96.5 Å². The van der Waals surface area contributed by atoms with Crippen molar-refractivity contribution < 1.29 is 12.6 Å². The van der Waals surface area contributed by atoms with Gasteiger partial charge in [-0.1, -0.05) is 6.92 Å². The molecule has 1 aliphatic heterocycles. The summed E-state index contributed by atoms with van der Waals surface area (Å²) in [7, 11) is 0.531. The van der Waals surface area contributed by atoms with Crippen LogP contribution in [0.2, 0.25) is 0 Å². The Balaban J connectivity index is 2.60. The molecule has 0 spiro atoms. The normalized spacial score (nSPS) is 29.3. The van der Waals surface area contributed by atoms with Crippen LogP contribution in [0.3, 0.4) is 0 Å². The van der Waals surface area contributed by atoms with Crippen LogP contribution in [0, 0.1) is 7.05 Å². The molecule has 0 aromatic rings. The zero-order valence-electron chi connectivity index (χ0n) is 9.18. The average molecular weight is 252 g/mol. The van der Waals surface area contributed by atoms with Crippen molar-refractivity contribution >= 4 is 21.9 Å². The molecule has 0 bridgehead atoms. The quantitative estimate of drug-likeness (QED) is 0.551. The van der Waals surface area contributed by atoms with Gasteiger partial charge in [0.1, 0.15) is 0 Å².